The van der Waals surface area contributed by atoms with Crippen molar-refractivity contribution in [1.29, 1.82) is 0 Å². The second-order valence-corrected chi connectivity index (χ2v) is 4.99. The standard InChI is InChI=1S/C15H8N2O5/c18-14-10-4-2-1-3-9(10)13-15(14,19)22-12-6-5-8(17(20)21)7-11(12)16-13/h1-7,19H. The Balaban J connectivity index is 1.96. The Morgan fingerprint density at radius 3 is 2.64 bits per heavy atom. The number of ether oxygens (including phenoxy) is 1. The maximum Gasteiger partial charge on any atom is 0.318 e. The van der Waals surface area contributed by atoms with Gasteiger partial charge in [-0.15, -0.1) is 0 Å². The number of ketones is 1. The monoisotopic (exact) mass is 296 g/mol. The number of fused-ring (bicyclic) bond motifs is 4. The van der Waals surface area contributed by atoms with Gasteiger partial charge in [-0.05, 0) is 6.07 Å². The van der Waals surface area contributed by atoms with Crippen LogP contribution in [0, 0.1) is 10.1 Å². The molecule has 0 amide bonds. The zero-order valence-corrected chi connectivity index (χ0v) is 11.0. The first kappa shape index (κ1) is 12.7. The molecular formula is C15H8N2O5. The van der Waals surface area contributed by atoms with Crippen LogP contribution in [0.5, 0.6) is 5.75 Å². The van der Waals surface area contributed by atoms with Gasteiger partial charge >= 0.3 is 5.79 Å². The minimum Gasteiger partial charge on any atom is -0.447 e. The van der Waals surface area contributed by atoms with Gasteiger partial charge < -0.3 is 9.84 Å². The highest BCUT2D eigenvalue weighted by atomic mass is 16.6. The predicted molar refractivity (Wildman–Crippen MR) is 75.6 cm³/mol. The van der Waals surface area contributed by atoms with Crippen LogP contribution >= 0.6 is 0 Å². The van der Waals surface area contributed by atoms with Crippen molar-refractivity contribution < 1.29 is 19.6 Å². The van der Waals surface area contributed by atoms with Gasteiger partial charge in [0.15, 0.2) is 0 Å². The Bertz CT molecular complexity index is 889. The van der Waals surface area contributed by atoms with Gasteiger partial charge in [0.25, 0.3) is 5.69 Å². The molecule has 2 aromatic carbocycles. The van der Waals surface area contributed by atoms with Crippen LogP contribution in [-0.2, 0) is 0 Å². The molecule has 7 heteroatoms. The molecular weight excluding hydrogens is 288 g/mol. The summed E-state index contributed by atoms with van der Waals surface area (Å²) in [4.78, 5) is 26.9. The number of aliphatic imine (C=N–C) groups is 1. The Labute approximate surface area is 123 Å². The predicted octanol–water partition coefficient (Wildman–Crippen LogP) is 1.99. The number of non-ortho nitro benzene ring substituents is 1. The molecule has 1 unspecified atom stereocenters. The van der Waals surface area contributed by atoms with Crippen molar-refractivity contribution in [3.8, 4) is 5.75 Å². The molecule has 7 nitrogen and oxygen atoms in total. The van der Waals surface area contributed by atoms with Gasteiger partial charge in [-0.2, -0.15) is 0 Å². The number of nitro groups is 1. The maximum atomic E-state index is 12.4. The van der Waals surface area contributed by atoms with Crippen LogP contribution < -0.4 is 4.74 Å². The van der Waals surface area contributed by atoms with Gasteiger partial charge in [0.1, 0.15) is 17.1 Å². The lowest BCUT2D eigenvalue weighted by Gasteiger charge is -2.27. The van der Waals surface area contributed by atoms with E-state index in [1.165, 1.54) is 18.2 Å². The molecule has 4 rings (SSSR count). The first-order chi connectivity index (χ1) is 10.5. The zero-order chi connectivity index (χ0) is 15.5. The van der Waals surface area contributed by atoms with Crippen LogP contribution in [0.1, 0.15) is 15.9 Å². The molecule has 0 aromatic heterocycles. The summed E-state index contributed by atoms with van der Waals surface area (Å²) in [5, 5.41) is 21.4. The Morgan fingerprint density at radius 2 is 1.91 bits per heavy atom. The molecule has 22 heavy (non-hydrogen) atoms. The highest BCUT2D eigenvalue weighted by Gasteiger charge is 2.54. The second kappa shape index (κ2) is 3.99. The van der Waals surface area contributed by atoms with E-state index in [0.29, 0.717) is 11.1 Å². The Hall–Kier alpha value is -3.06. The summed E-state index contributed by atoms with van der Waals surface area (Å²) < 4.78 is 5.43. The third-order valence-corrected chi connectivity index (χ3v) is 3.70. The molecule has 1 aliphatic carbocycles. The topological polar surface area (TPSA) is 102 Å². The molecule has 0 fully saturated rings. The summed E-state index contributed by atoms with van der Waals surface area (Å²) >= 11 is 0. The number of hydrogen-bond acceptors (Lipinski definition) is 6. The number of nitrogens with zero attached hydrogens (tertiary/aromatic N) is 2. The van der Waals surface area contributed by atoms with Crippen LogP contribution in [0.25, 0.3) is 0 Å². The molecule has 0 radical (unpaired) electrons. The molecule has 0 saturated carbocycles. The van der Waals surface area contributed by atoms with Crippen molar-refractivity contribution in [1.82, 2.24) is 0 Å². The molecule has 1 aliphatic heterocycles. The molecule has 0 bridgehead atoms. The summed E-state index contributed by atoms with van der Waals surface area (Å²) in [6.45, 7) is 0. The van der Waals surface area contributed by atoms with Crippen LogP contribution in [-0.4, -0.2) is 27.3 Å². The smallest absolute Gasteiger partial charge is 0.318 e. The van der Waals surface area contributed by atoms with Crippen molar-refractivity contribution in [2.45, 2.75) is 5.79 Å². The SMILES string of the molecule is O=C1c2ccccc2C2=Nc3cc([N+](=O)[O-])ccc3OC12O. The number of rotatable bonds is 1. The highest BCUT2D eigenvalue weighted by molar-refractivity contribution is 6.33. The lowest BCUT2D eigenvalue weighted by Crippen LogP contribution is -2.48. The average Bonchev–Trinajstić information content (AvgIpc) is 2.73. The Morgan fingerprint density at radius 1 is 1.18 bits per heavy atom. The largest absolute Gasteiger partial charge is 0.447 e. The number of hydrogen-bond donors (Lipinski definition) is 1. The van der Waals surface area contributed by atoms with Gasteiger partial charge in [0, 0.05) is 23.3 Å². The van der Waals surface area contributed by atoms with Crippen LogP contribution in [0.3, 0.4) is 0 Å². The van der Waals surface area contributed by atoms with E-state index in [2.05, 4.69) is 4.99 Å². The van der Waals surface area contributed by atoms with Gasteiger partial charge in [-0.1, -0.05) is 24.3 Å². The number of benzene rings is 2. The normalized spacial score (nSPS) is 21.3. The van der Waals surface area contributed by atoms with Gasteiger partial charge in [0.2, 0.25) is 5.78 Å². The fourth-order valence-corrected chi connectivity index (χ4v) is 2.66. The van der Waals surface area contributed by atoms with E-state index < -0.39 is 16.5 Å². The molecule has 1 atom stereocenters. The van der Waals surface area contributed by atoms with Crippen molar-refractivity contribution in [2.75, 3.05) is 0 Å². The molecule has 1 N–H and O–H groups in total. The molecule has 0 spiro atoms. The Kier molecular flexibility index (Phi) is 2.29. The maximum absolute atomic E-state index is 12.4. The number of Topliss-reactive ketones (excluding diaryl/α,β-unsaturated/α-hetero) is 1. The lowest BCUT2D eigenvalue weighted by atomic mass is 10.1. The van der Waals surface area contributed by atoms with E-state index >= 15 is 0 Å². The van der Waals surface area contributed by atoms with E-state index in [1.807, 2.05) is 0 Å². The molecule has 2 aromatic rings. The van der Waals surface area contributed by atoms with E-state index in [-0.39, 0.29) is 22.8 Å². The number of nitro benzene ring substituents is 1. The van der Waals surface area contributed by atoms with E-state index in [4.69, 9.17) is 4.74 Å². The molecule has 2 aliphatic rings. The fourth-order valence-electron chi connectivity index (χ4n) is 2.66. The molecule has 108 valence electrons. The van der Waals surface area contributed by atoms with Gasteiger partial charge in [-0.3, -0.25) is 14.9 Å². The first-order valence-corrected chi connectivity index (χ1v) is 6.44. The van der Waals surface area contributed by atoms with E-state index in [1.54, 1.807) is 24.3 Å². The summed E-state index contributed by atoms with van der Waals surface area (Å²) in [6, 6.07) is 10.4. The fraction of sp³-hybridized carbons (Fsp3) is 0.0667. The summed E-state index contributed by atoms with van der Waals surface area (Å²) in [7, 11) is 0. The van der Waals surface area contributed by atoms with Crippen molar-refractivity contribution in [3.05, 3.63) is 63.7 Å². The minimum absolute atomic E-state index is 0.0566. The highest BCUT2D eigenvalue weighted by Crippen LogP contribution is 2.43. The first-order valence-electron chi connectivity index (χ1n) is 6.44. The summed E-state index contributed by atoms with van der Waals surface area (Å²) in [6.07, 6.45) is 0. The lowest BCUT2D eigenvalue weighted by molar-refractivity contribution is -0.384. The molecule has 0 saturated heterocycles. The van der Waals surface area contributed by atoms with Crippen LogP contribution in [0.15, 0.2) is 47.5 Å². The van der Waals surface area contributed by atoms with Crippen molar-refractivity contribution in [2.24, 2.45) is 4.99 Å². The minimum atomic E-state index is -2.17. The third kappa shape index (κ3) is 1.48. The van der Waals surface area contributed by atoms with Crippen molar-refractivity contribution >= 4 is 22.9 Å². The van der Waals surface area contributed by atoms with Gasteiger partial charge in [0.05, 0.1) is 4.92 Å². The second-order valence-electron chi connectivity index (χ2n) is 4.99. The number of aliphatic hydroxyl groups is 1. The van der Waals surface area contributed by atoms with Gasteiger partial charge in [-0.25, -0.2) is 4.99 Å². The number of carbonyl (C=O) groups excluding carboxylic acids is 1. The van der Waals surface area contributed by atoms with E-state index in [9.17, 15) is 20.0 Å². The summed E-state index contributed by atoms with van der Waals surface area (Å²) in [5.41, 5.74) is 0.896. The average molecular weight is 296 g/mol. The summed E-state index contributed by atoms with van der Waals surface area (Å²) in [5.74, 6) is -2.64. The van der Waals surface area contributed by atoms with Crippen LogP contribution in [0.2, 0.25) is 0 Å². The zero-order valence-electron chi connectivity index (χ0n) is 11.0. The molecule has 1 heterocycles. The number of carbonyl (C=O) groups is 1. The third-order valence-electron chi connectivity index (χ3n) is 3.70. The van der Waals surface area contributed by atoms with Crippen molar-refractivity contribution in [3.63, 3.8) is 0 Å². The quantitative estimate of drug-likeness (QED) is 0.640. The van der Waals surface area contributed by atoms with E-state index in [0.717, 1.165) is 0 Å². The van der Waals surface area contributed by atoms with Crippen LogP contribution in [0.4, 0.5) is 11.4 Å².